The molecule has 6 heteroatoms. The minimum absolute atomic E-state index is 0.0317. The van der Waals surface area contributed by atoms with Crippen LogP contribution in [0.5, 0.6) is 5.75 Å². The lowest BCUT2D eigenvalue weighted by Crippen LogP contribution is -2.30. The fourth-order valence-corrected chi connectivity index (χ4v) is 3.71. The van der Waals surface area contributed by atoms with Crippen LogP contribution in [0.25, 0.3) is 11.0 Å². The van der Waals surface area contributed by atoms with Crippen molar-refractivity contribution >= 4 is 16.9 Å². The smallest absolute Gasteiger partial charge is 0.224 e. The third-order valence-corrected chi connectivity index (χ3v) is 5.09. The molecule has 1 N–H and O–H groups in total. The molecule has 0 unspecified atom stereocenters. The largest absolute Gasteiger partial charge is 0.493 e. The monoisotopic (exact) mass is 379 g/mol. The predicted octanol–water partition coefficient (Wildman–Crippen LogP) is 3.04. The lowest BCUT2D eigenvalue weighted by Gasteiger charge is -2.16. The lowest BCUT2D eigenvalue weighted by atomic mass is 10.1. The first kappa shape index (κ1) is 18.5. The van der Waals surface area contributed by atoms with Crippen LogP contribution in [0, 0.1) is 0 Å². The number of carbonyl (C=O) groups excluding carboxylic acids is 1. The molecule has 2 heterocycles. The summed E-state index contributed by atoms with van der Waals surface area (Å²) in [6, 6.07) is 13.8. The molecule has 0 saturated heterocycles. The van der Waals surface area contributed by atoms with Crippen LogP contribution in [-0.2, 0) is 28.9 Å². The Morgan fingerprint density at radius 1 is 1.32 bits per heavy atom. The standard InChI is InChI=1S/C22H25N3O3/c1-15(22-24-18-5-3-4-6-19(18)25(22)10-12-27-2)23-21(26)14-16-7-8-17-9-11-28-20(17)13-16/h3-8,13,15H,9-12,14H2,1-2H3,(H,23,26)/t15-/m0/s1. The second-order valence-corrected chi connectivity index (χ2v) is 7.11. The average molecular weight is 379 g/mol. The molecule has 1 amide bonds. The van der Waals surface area contributed by atoms with Crippen molar-refractivity contribution in [1.29, 1.82) is 0 Å². The van der Waals surface area contributed by atoms with Crippen LogP contribution in [0.4, 0.5) is 0 Å². The van der Waals surface area contributed by atoms with Gasteiger partial charge in [-0.3, -0.25) is 4.79 Å². The fraction of sp³-hybridized carbons (Fsp3) is 0.364. The number of methoxy groups -OCH3 is 1. The van der Waals surface area contributed by atoms with Gasteiger partial charge in [-0.05, 0) is 36.2 Å². The van der Waals surface area contributed by atoms with Crippen molar-refractivity contribution in [2.45, 2.75) is 32.4 Å². The summed E-state index contributed by atoms with van der Waals surface area (Å²) in [5, 5.41) is 3.09. The van der Waals surface area contributed by atoms with Crippen molar-refractivity contribution in [3.63, 3.8) is 0 Å². The molecule has 3 aromatic rings. The van der Waals surface area contributed by atoms with Crippen molar-refractivity contribution in [2.75, 3.05) is 20.3 Å². The van der Waals surface area contributed by atoms with E-state index in [2.05, 4.69) is 16.0 Å². The lowest BCUT2D eigenvalue weighted by molar-refractivity contribution is -0.121. The highest BCUT2D eigenvalue weighted by Gasteiger charge is 2.19. The van der Waals surface area contributed by atoms with E-state index in [0.717, 1.165) is 41.2 Å². The second-order valence-electron chi connectivity index (χ2n) is 7.11. The Labute approximate surface area is 164 Å². The van der Waals surface area contributed by atoms with Crippen molar-refractivity contribution in [3.05, 3.63) is 59.4 Å². The molecule has 0 fully saturated rings. The highest BCUT2D eigenvalue weighted by Crippen LogP contribution is 2.26. The zero-order valence-electron chi connectivity index (χ0n) is 16.3. The molecule has 4 rings (SSSR count). The van der Waals surface area contributed by atoms with Gasteiger partial charge in [0.15, 0.2) is 0 Å². The topological polar surface area (TPSA) is 65.4 Å². The van der Waals surface area contributed by atoms with E-state index >= 15 is 0 Å². The molecule has 0 saturated carbocycles. The van der Waals surface area contributed by atoms with Crippen LogP contribution >= 0.6 is 0 Å². The van der Waals surface area contributed by atoms with Crippen LogP contribution in [-0.4, -0.2) is 35.8 Å². The maximum atomic E-state index is 12.6. The van der Waals surface area contributed by atoms with Crippen molar-refractivity contribution in [1.82, 2.24) is 14.9 Å². The summed E-state index contributed by atoms with van der Waals surface area (Å²) in [7, 11) is 1.68. The van der Waals surface area contributed by atoms with Crippen LogP contribution < -0.4 is 10.1 Å². The van der Waals surface area contributed by atoms with Crippen LogP contribution in [0.15, 0.2) is 42.5 Å². The number of carbonyl (C=O) groups is 1. The first-order chi connectivity index (χ1) is 13.7. The van der Waals surface area contributed by atoms with Crippen LogP contribution in [0.1, 0.15) is 29.9 Å². The molecule has 0 aliphatic carbocycles. The summed E-state index contributed by atoms with van der Waals surface area (Å²) < 4.78 is 13.0. The Balaban J connectivity index is 1.49. The van der Waals surface area contributed by atoms with E-state index in [1.165, 1.54) is 5.56 Å². The number of aromatic nitrogens is 2. The van der Waals surface area contributed by atoms with Gasteiger partial charge < -0.3 is 19.4 Å². The van der Waals surface area contributed by atoms with Gasteiger partial charge in [-0.25, -0.2) is 4.98 Å². The minimum Gasteiger partial charge on any atom is -0.493 e. The van der Waals surface area contributed by atoms with Gasteiger partial charge in [0.1, 0.15) is 11.6 Å². The molecule has 1 atom stereocenters. The summed E-state index contributed by atoms with van der Waals surface area (Å²) in [5.41, 5.74) is 4.14. The average Bonchev–Trinajstić information content (AvgIpc) is 3.30. The summed E-state index contributed by atoms with van der Waals surface area (Å²) in [5.74, 6) is 1.71. The first-order valence-corrected chi connectivity index (χ1v) is 9.64. The number of rotatable bonds is 7. The fourth-order valence-electron chi connectivity index (χ4n) is 3.71. The summed E-state index contributed by atoms with van der Waals surface area (Å²) in [6.45, 7) is 3.96. The Kier molecular flexibility index (Phi) is 5.30. The van der Waals surface area contributed by atoms with Gasteiger partial charge in [-0.2, -0.15) is 0 Å². The molecule has 1 aliphatic rings. The minimum atomic E-state index is -0.206. The highest BCUT2D eigenvalue weighted by molar-refractivity contribution is 5.80. The molecule has 2 aromatic carbocycles. The highest BCUT2D eigenvalue weighted by atomic mass is 16.5. The van der Waals surface area contributed by atoms with Crippen LogP contribution in [0.3, 0.4) is 0 Å². The predicted molar refractivity (Wildman–Crippen MR) is 108 cm³/mol. The van der Waals surface area contributed by atoms with E-state index in [1.54, 1.807) is 7.11 Å². The summed E-state index contributed by atoms with van der Waals surface area (Å²) >= 11 is 0. The quantitative estimate of drug-likeness (QED) is 0.685. The van der Waals surface area contributed by atoms with Gasteiger partial charge in [-0.15, -0.1) is 0 Å². The Bertz CT molecular complexity index is 996. The number of para-hydroxylation sites is 2. The molecule has 0 radical (unpaired) electrons. The van der Waals surface area contributed by atoms with Gasteiger partial charge >= 0.3 is 0 Å². The van der Waals surface area contributed by atoms with Gasteiger partial charge in [0, 0.05) is 20.1 Å². The molecule has 1 aromatic heterocycles. The Hall–Kier alpha value is -2.86. The zero-order chi connectivity index (χ0) is 19.5. The van der Waals surface area contributed by atoms with Crippen molar-refractivity contribution in [2.24, 2.45) is 0 Å². The number of nitrogens with zero attached hydrogens (tertiary/aromatic N) is 2. The van der Waals surface area contributed by atoms with Crippen molar-refractivity contribution in [3.8, 4) is 5.75 Å². The normalized spacial score (nSPS) is 13.9. The molecular formula is C22H25N3O3. The zero-order valence-corrected chi connectivity index (χ0v) is 16.3. The molecule has 0 spiro atoms. The number of nitrogens with one attached hydrogen (secondary N) is 1. The molecule has 0 bridgehead atoms. The molecular weight excluding hydrogens is 354 g/mol. The molecule has 146 valence electrons. The number of hydrogen-bond donors (Lipinski definition) is 1. The molecule has 28 heavy (non-hydrogen) atoms. The molecule has 1 aliphatic heterocycles. The van der Waals surface area contributed by atoms with Gasteiger partial charge in [0.25, 0.3) is 0 Å². The van der Waals surface area contributed by atoms with E-state index in [0.29, 0.717) is 19.6 Å². The third kappa shape index (κ3) is 3.73. The number of amides is 1. The number of imidazole rings is 1. The third-order valence-electron chi connectivity index (χ3n) is 5.09. The maximum Gasteiger partial charge on any atom is 0.224 e. The SMILES string of the molecule is COCCn1c([C@H](C)NC(=O)Cc2ccc3c(c2)OCC3)nc2ccccc21. The van der Waals surface area contributed by atoms with E-state index in [-0.39, 0.29) is 11.9 Å². The van der Waals surface area contributed by atoms with Gasteiger partial charge in [0.05, 0.1) is 36.7 Å². The van der Waals surface area contributed by atoms with Crippen LogP contribution in [0.2, 0.25) is 0 Å². The number of ether oxygens (including phenoxy) is 2. The van der Waals surface area contributed by atoms with E-state index in [4.69, 9.17) is 14.5 Å². The Morgan fingerprint density at radius 2 is 2.18 bits per heavy atom. The first-order valence-electron chi connectivity index (χ1n) is 9.64. The van der Waals surface area contributed by atoms with Crippen molar-refractivity contribution < 1.29 is 14.3 Å². The number of benzene rings is 2. The molecule has 6 nitrogen and oxygen atoms in total. The summed E-state index contributed by atoms with van der Waals surface area (Å²) in [4.78, 5) is 17.4. The van der Waals surface area contributed by atoms with Gasteiger partial charge in [0.2, 0.25) is 5.91 Å². The number of hydrogen-bond acceptors (Lipinski definition) is 4. The van der Waals surface area contributed by atoms with E-state index < -0.39 is 0 Å². The van der Waals surface area contributed by atoms with E-state index in [1.807, 2.05) is 43.3 Å². The van der Waals surface area contributed by atoms with Gasteiger partial charge in [-0.1, -0.05) is 24.3 Å². The second kappa shape index (κ2) is 8.02. The number of fused-ring (bicyclic) bond motifs is 2. The maximum absolute atomic E-state index is 12.6. The van der Waals surface area contributed by atoms with E-state index in [9.17, 15) is 4.79 Å². The summed E-state index contributed by atoms with van der Waals surface area (Å²) in [6.07, 6.45) is 1.26. The Morgan fingerprint density at radius 3 is 3.04 bits per heavy atom.